The molecule has 1 saturated heterocycles. The molecule has 23 heavy (non-hydrogen) atoms. The second-order valence-corrected chi connectivity index (χ2v) is 5.65. The van der Waals surface area contributed by atoms with Crippen molar-refractivity contribution < 1.29 is 9.18 Å². The Morgan fingerprint density at radius 3 is 2.70 bits per heavy atom. The molecule has 1 aliphatic rings. The van der Waals surface area contributed by atoms with Crippen molar-refractivity contribution in [3.8, 4) is 0 Å². The van der Waals surface area contributed by atoms with Crippen molar-refractivity contribution in [3.05, 3.63) is 35.6 Å². The number of halogens is 2. The number of nitrogens with one attached hydrogen (secondary N) is 1. The standard InChI is InChI=1S/C16H23FN4O.HI/c1-12-6-10-21(11-7-12)16(18)20-9-8-19-15(22)13-4-2-3-5-14(13)17;/h2-5,12H,6-11H2,1H3,(H2,18,20)(H,19,22);1H. The van der Waals surface area contributed by atoms with E-state index in [0.717, 1.165) is 31.8 Å². The number of carbonyl (C=O) groups excluding carboxylic acids is 1. The summed E-state index contributed by atoms with van der Waals surface area (Å²) < 4.78 is 13.4. The fourth-order valence-corrected chi connectivity index (χ4v) is 2.42. The molecule has 1 aromatic carbocycles. The summed E-state index contributed by atoms with van der Waals surface area (Å²) in [5.74, 6) is 0.306. The third kappa shape index (κ3) is 5.96. The first-order valence-corrected chi connectivity index (χ1v) is 7.65. The maximum Gasteiger partial charge on any atom is 0.254 e. The molecule has 0 radical (unpaired) electrons. The van der Waals surface area contributed by atoms with Crippen molar-refractivity contribution in [2.45, 2.75) is 19.8 Å². The summed E-state index contributed by atoms with van der Waals surface area (Å²) in [6, 6.07) is 5.90. The number of hydrogen-bond acceptors (Lipinski definition) is 2. The predicted octanol–water partition coefficient (Wildman–Crippen LogP) is 2.22. The van der Waals surface area contributed by atoms with Gasteiger partial charge >= 0.3 is 0 Å². The molecule has 0 atom stereocenters. The summed E-state index contributed by atoms with van der Waals surface area (Å²) >= 11 is 0. The van der Waals surface area contributed by atoms with E-state index in [-0.39, 0.29) is 29.5 Å². The van der Waals surface area contributed by atoms with Gasteiger partial charge in [0.25, 0.3) is 5.91 Å². The van der Waals surface area contributed by atoms with Crippen LogP contribution in [-0.4, -0.2) is 42.9 Å². The van der Waals surface area contributed by atoms with Gasteiger partial charge in [-0.1, -0.05) is 19.1 Å². The number of nitrogens with zero attached hydrogens (tertiary/aromatic N) is 2. The van der Waals surface area contributed by atoms with Crippen LogP contribution in [0.5, 0.6) is 0 Å². The van der Waals surface area contributed by atoms with Gasteiger partial charge in [0.15, 0.2) is 5.96 Å². The van der Waals surface area contributed by atoms with Crippen LogP contribution < -0.4 is 11.1 Å². The highest BCUT2D eigenvalue weighted by Gasteiger charge is 2.16. The Bertz CT molecular complexity index is 545. The molecule has 1 fully saturated rings. The van der Waals surface area contributed by atoms with Gasteiger partial charge in [-0.25, -0.2) is 4.39 Å². The summed E-state index contributed by atoms with van der Waals surface area (Å²) in [6.45, 7) is 4.81. The lowest BCUT2D eigenvalue weighted by Gasteiger charge is -2.31. The largest absolute Gasteiger partial charge is 0.370 e. The topological polar surface area (TPSA) is 70.7 Å². The Morgan fingerprint density at radius 2 is 2.04 bits per heavy atom. The zero-order valence-corrected chi connectivity index (χ0v) is 15.6. The molecule has 1 amide bonds. The molecule has 0 aliphatic carbocycles. The first-order valence-electron chi connectivity index (χ1n) is 7.65. The summed E-state index contributed by atoms with van der Waals surface area (Å²) in [6.07, 6.45) is 2.25. The van der Waals surface area contributed by atoms with Gasteiger partial charge in [0.05, 0.1) is 12.1 Å². The molecule has 1 aliphatic heterocycles. The van der Waals surface area contributed by atoms with Crippen LogP contribution in [0.4, 0.5) is 4.39 Å². The van der Waals surface area contributed by atoms with E-state index < -0.39 is 11.7 Å². The number of piperidine rings is 1. The molecule has 1 heterocycles. The molecule has 0 saturated carbocycles. The summed E-state index contributed by atoms with van der Waals surface area (Å²) in [7, 11) is 0. The minimum Gasteiger partial charge on any atom is -0.370 e. The number of aliphatic imine (C=N–C) groups is 1. The fraction of sp³-hybridized carbons (Fsp3) is 0.500. The second kappa shape index (κ2) is 9.69. The van der Waals surface area contributed by atoms with Crippen molar-refractivity contribution in [2.24, 2.45) is 16.6 Å². The zero-order valence-electron chi connectivity index (χ0n) is 13.3. The molecular formula is C16H24FIN4O. The van der Waals surface area contributed by atoms with Crippen molar-refractivity contribution in [3.63, 3.8) is 0 Å². The van der Waals surface area contributed by atoms with Gasteiger partial charge in [0.1, 0.15) is 5.82 Å². The van der Waals surface area contributed by atoms with Crippen LogP contribution >= 0.6 is 24.0 Å². The van der Waals surface area contributed by atoms with E-state index >= 15 is 0 Å². The average molecular weight is 434 g/mol. The van der Waals surface area contributed by atoms with Crippen LogP contribution in [0.1, 0.15) is 30.1 Å². The van der Waals surface area contributed by atoms with E-state index in [2.05, 4.69) is 22.1 Å². The predicted molar refractivity (Wildman–Crippen MR) is 101 cm³/mol. The molecule has 3 N–H and O–H groups in total. The highest BCUT2D eigenvalue weighted by atomic mass is 127. The number of amides is 1. The van der Waals surface area contributed by atoms with Crippen LogP contribution in [0.15, 0.2) is 29.3 Å². The van der Waals surface area contributed by atoms with E-state index in [1.807, 2.05) is 0 Å². The monoisotopic (exact) mass is 434 g/mol. The first-order chi connectivity index (χ1) is 10.6. The van der Waals surface area contributed by atoms with Crippen molar-refractivity contribution >= 4 is 35.8 Å². The van der Waals surface area contributed by atoms with Crippen LogP contribution in [0.25, 0.3) is 0 Å². The van der Waals surface area contributed by atoms with Gasteiger partial charge in [-0.3, -0.25) is 9.79 Å². The first kappa shape index (κ1) is 19.7. The second-order valence-electron chi connectivity index (χ2n) is 5.65. The number of carbonyl (C=O) groups is 1. The summed E-state index contributed by atoms with van der Waals surface area (Å²) in [4.78, 5) is 18.1. The summed E-state index contributed by atoms with van der Waals surface area (Å²) in [5, 5.41) is 2.65. The van der Waals surface area contributed by atoms with Crippen LogP contribution in [0.2, 0.25) is 0 Å². The SMILES string of the molecule is CC1CCN(C(N)=NCCNC(=O)c2ccccc2F)CC1.I. The van der Waals surface area contributed by atoms with E-state index in [0.29, 0.717) is 19.0 Å². The molecule has 0 aromatic heterocycles. The highest BCUT2D eigenvalue weighted by Crippen LogP contribution is 2.15. The normalized spacial score (nSPS) is 15.9. The highest BCUT2D eigenvalue weighted by molar-refractivity contribution is 14.0. The smallest absolute Gasteiger partial charge is 0.254 e. The Labute approximate surface area is 153 Å². The maximum absolute atomic E-state index is 13.4. The van der Waals surface area contributed by atoms with Crippen molar-refractivity contribution in [1.29, 1.82) is 0 Å². The fourth-order valence-electron chi connectivity index (χ4n) is 2.42. The maximum atomic E-state index is 13.4. The number of nitrogens with two attached hydrogens (primary N) is 1. The van der Waals surface area contributed by atoms with Gasteiger partial charge in [-0.2, -0.15) is 0 Å². The lowest BCUT2D eigenvalue weighted by atomic mass is 10.00. The Morgan fingerprint density at radius 1 is 1.39 bits per heavy atom. The van der Waals surface area contributed by atoms with Gasteiger partial charge in [-0.05, 0) is 30.9 Å². The lowest BCUT2D eigenvalue weighted by Crippen LogP contribution is -2.42. The average Bonchev–Trinajstić information content (AvgIpc) is 2.52. The number of guanidine groups is 1. The molecule has 128 valence electrons. The third-order valence-corrected chi connectivity index (χ3v) is 3.90. The number of rotatable bonds is 4. The molecule has 0 unspecified atom stereocenters. The number of benzene rings is 1. The zero-order chi connectivity index (χ0) is 15.9. The van der Waals surface area contributed by atoms with Crippen LogP contribution in [-0.2, 0) is 0 Å². The minimum absolute atomic E-state index is 0. The van der Waals surface area contributed by atoms with E-state index in [1.165, 1.54) is 12.1 Å². The van der Waals surface area contributed by atoms with Gasteiger partial charge in [-0.15, -0.1) is 24.0 Å². The summed E-state index contributed by atoms with van der Waals surface area (Å²) in [5.41, 5.74) is 6.00. The molecular weight excluding hydrogens is 410 g/mol. The third-order valence-electron chi connectivity index (χ3n) is 3.90. The van der Waals surface area contributed by atoms with E-state index in [1.54, 1.807) is 12.1 Å². The number of hydrogen-bond donors (Lipinski definition) is 2. The Balaban J connectivity index is 0.00000264. The van der Waals surface area contributed by atoms with Crippen molar-refractivity contribution in [2.75, 3.05) is 26.2 Å². The quantitative estimate of drug-likeness (QED) is 0.331. The molecule has 1 aromatic rings. The Hall–Kier alpha value is -1.38. The molecule has 2 rings (SSSR count). The van der Waals surface area contributed by atoms with Gasteiger partial charge in [0.2, 0.25) is 0 Å². The van der Waals surface area contributed by atoms with E-state index in [4.69, 9.17) is 5.73 Å². The lowest BCUT2D eigenvalue weighted by molar-refractivity contribution is 0.0950. The van der Waals surface area contributed by atoms with Gasteiger partial charge < -0.3 is 16.0 Å². The van der Waals surface area contributed by atoms with Crippen LogP contribution in [0, 0.1) is 11.7 Å². The number of likely N-dealkylation sites (tertiary alicyclic amines) is 1. The van der Waals surface area contributed by atoms with Gasteiger partial charge in [0, 0.05) is 19.6 Å². The molecule has 0 bridgehead atoms. The van der Waals surface area contributed by atoms with Crippen LogP contribution in [0.3, 0.4) is 0 Å². The Kier molecular flexibility index (Phi) is 8.29. The molecule has 0 spiro atoms. The van der Waals surface area contributed by atoms with Crippen molar-refractivity contribution in [1.82, 2.24) is 10.2 Å². The minimum atomic E-state index is -0.523. The molecule has 7 heteroatoms. The van der Waals surface area contributed by atoms with E-state index in [9.17, 15) is 9.18 Å². The molecule has 5 nitrogen and oxygen atoms in total.